The zero-order valence-electron chi connectivity index (χ0n) is 41.4. The lowest BCUT2D eigenvalue weighted by molar-refractivity contribution is 0.632. The van der Waals surface area contributed by atoms with Crippen LogP contribution in [0, 0.1) is 0 Å². The first-order valence-electron chi connectivity index (χ1n) is 25.6. The van der Waals surface area contributed by atoms with Crippen LogP contribution in [-0.2, 0) is 10.8 Å². The van der Waals surface area contributed by atoms with E-state index in [9.17, 15) is 0 Å². The van der Waals surface area contributed by atoms with Crippen LogP contribution in [0.1, 0.15) is 68.4 Å². The van der Waals surface area contributed by atoms with Crippen LogP contribution < -0.4 is 9.80 Å². The summed E-state index contributed by atoms with van der Waals surface area (Å²) in [6, 6.07) is 75.4. The molecule has 0 unspecified atom stereocenters. The Labute approximate surface area is 423 Å². The Morgan fingerprint density at radius 1 is 0.361 bits per heavy atom. The van der Waals surface area contributed by atoms with Crippen LogP contribution in [0.3, 0.4) is 0 Å². The number of nitrogens with zero attached hydrogens (tertiary/aromatic N) is 2. The normalized spacial score (nSPS) is 17.5. The van der Waals surface area contributed by atoms with Crippen molar-refractivity contribution in [3.63, 3.8) is 0 Å². The first-order chi connectivity index (χ1) is 35.3. The molecule has 1 aliphatic carbocycles. The van der Waals surface area contributed by atoms with E-state index in [1.807, 2.05) is 0 Å². The van der Waals surface area contributed by atoms with Gasteiger partial charge in [-0.3, -0.25) is 0 Å². The minimum absolute atomic E-state index is 0.171. The second-order valence-electron chi connectivity index (χ2n) is 20.7. The molecule has 2 heteroatoms. The average Bonchev–Trinajstić information content (AvgIpc) is 3.42. The Morgan fingerprint density at radius 3 is 1.33 bits per heavy atom. The largest absolute Gasteiger partial charge is 0.310 e. The maximum absolute atomic E-state index is 2.51. The van der Waals surface area contributed by atoms with Crippen LogP contribution >= 0.6 is 0 Å². The Hall–Kier alpha value is -8.46. The molecule has 0 spiro atoms. The molecule has 10 aromatic rings. The first kappa shape index (κ1) is 43.6. The van der Waals surface area contributed by atoms with Crippen molar-refractivity contribution >= 4 is 72.0 Å². The van der Waals surface area contributed by atoms with E-state index in [4.69, 9.17) is 0 Å². The zero-order valence-corrected chi connectivity index (χ0v) is 41.4. The predicted molar refractivity (Wildman–Crippen MR) is 308 cm³/mol. The predicted octanol–water partition coefficient (Wildman–Crippen LogP) is 19.5. The van der Waals surface area contributed by atoms with Crippen molar-refractivity contribution in [2.24, 2.45) is 0 Å². The van der Waals surface area contributed by atoms with Crippen LogP contribution in [0.25, 0.3) is 60.1 Å². The summed E-state index contributed by atoms with van der Waals surface area (Å²) in [6.07, 6.45) is 17.5. The summed E-state index contributed by atoms with van der Waals surface area (Å²) in [4.78, 5) is 5.02. The van der Waals surface area contributed by atoms with Gasteiger partial charge in [-0.15, -0.1) is 0 Å². The molecule has 2 nitrogen and oxygen atoms in total. The quantitative estimate of drug-likeness (QED) is 0.159. The van der Waals surface area contributed by atoms with Gasteiger partial charge in [0.1, 0.15) is 0 Å². The summed E-state index contributed by atoms with van der Waals surface area (Å²) >= 11 is 0. The van der Waals surface area contributed by atoms with Crippen molar-refractivity contribution in [2.75, 3.05) is 9.80 Å². The molecule has 2 heterocycles. The summed E-state index contributed by atoms with van der Waals surface area (Å²) in [5, 5.41) is 7.33. The van der Waals surface area contributed by atoms with E-state index in [-0.39, 0.29) is 10.8 Å². The Kier molecular flexibility index (Phi) is 10.4. The minimum atomic E-state index is -0.175. The topological polar surface area (TPSA) is 6.48 Å². The van der Waals surface area contributed by atoms with Gasteiger partial charge >= 0.3 is 0 Å². The average molecular weight is 925 g/mol. The summed E-state index contributed by atoms with van der Waals surface area (Å²) in [5.74, 6) is 0. The highest BCUT2D eigenvalue weighted by Gasteiger charge is 2.38. The molecule has 13 rings (SSSR count). The van der Waals surface area contributed by atoms with E-state index in [0.29, 0.717) is 0 Å². The molecule has 0 N–H and O–H groups in total. The summed E-state index contributed by atoms with van der Waals surface area (Å²) < 4.78 is 0. The fourth-order valence-corrected chi connectivity index (χ4v) is 12.3. The van der Waals surface area contributed by atoms with Crippen LogP contribution in [-0.4, -0.2) is 0 Å². The highest BCUT2D eigenvalue weighted by molar-refractivity contribution is 6.22. The van der Waals surface area contributed by atoms with Crippen LogP contribution in [0.5, 0.6) is 0 Å². The molecule has 0 atom stereocenters. The molecule has 346 valence electrons. The van der Waals surface area contributed by atoms with Gasteiger partial charge in [-0.25, -0.2) is 0 Å². The lowest BCUT2D eigenvalue weighted by Gasteiger charge is -2.42. The van der Waals surface area contributed by atoms with E-state index in [1.54, 1.807) is 0 Å². The molecule has 0 bridgehead atoms. The number of fused-ring (bicyclic) bond motifs is 7. The first-order valence-corrected chi connectivity index (χ1v) is 25.6. The number of allylic oxidation sites excluding steroid dienone is 8. The number of anilines is 6. The van der Waals surface area contributed by atoms with Crippen LogP contribution in [0.15, 0.2) is 243 Å². The van der Waals surface area contributed by atoms with E-state index in [1.165, 1.54) is 111 Å². The fourth-order valence-electron chi connectivity index (χ4n) is 12.3. The maximum atomic E-state index is 2.51. The molecular weight excluding hydrogens is 869 g/mol. The number of rotatable bonds is 5. The fraction of sp³-hybridized carbons (Fsp3) is 0.114. The number of hydrogen-bond donors (Lipinski definition) is 0. The molecule has 3 aliphatic rings. The van der Waals surface area contributed by atoms with Gasteiger partial charge in [0.05, 0.1) is 22.7 Å². The SMILES string of the molecule is CC1(C)c2ccccc2N(c2ccc3c(-c4cc5ccccc5cc4-c4ccccc4)c4cc(N5c6ccccc6C(C)(C)c6ccccc65)ccc4c(/C4=C/C=C\C/C=C\C=C/C4)c3c2)c2ccccc21. The smallest absolute Gasteiger partial charge is 0.0502 e. The third-order valence-electron chi connectivity index (χ3n) is 15.9. The molecule has 72 heavy (non-hydrogen) atoms. The number of hydrogen-bond acceptors (Lipinski definition) is 2. The molecule has 0 saturated carbocycles. The molecule has 0 fully saturated rings. The second-order valence-corrected chi connectivity index (χ2v) is 20.7. The Balaban J connectivity index is 1.18. The maximum Gasteiger partial charge on any atom is 0.0502 e. The van der Waals surface area contributed by atoms with Gasteiger partial charge in [0.25, 0.3) is 0 Å². The molecular formula is C70H56N2. The van der Waals surface area contributed by atoms with E-state index in [0.717, 1.165) is 24.2 Å². The minimum Gasteiger partial charge on any atom is -0.310 e. The van der Waals surface area contributed by atoms with Crippen molar-refractivity contribution in [3.8, 4) is 22.3 Å². The lowest BCUT2D eigenvalue weighted by Crippen LogP contribution is -2.30. The summed E-state index contributed by atoms with van der Waals surface area (Å²) in [5.41, 5.74) is 19.5. The van der Waals surface area contributed by atoms with Gasteiger partial charge in [0.15, 0.2) is 0 Å². The van der Waals surface area contributed by atoms with Crippen LogP contribution in [0.4, 0.5) is 34.1 Å². The Morgan fingerprint density at radius 2 is 0.792 bits per heavy atom. The van der Waals surface area contributed by atoms with Crippen molar-refractivity contribution in [2.45, 2.75) is 51.4 Å². The number of benzene rings is 10. The van der Waals surface area contributed by atoms with Gasteiger partial charge in [-0.2, -0.15) is 0 Å². The lowest BCUT2D eigenvalue weighted by atomic mass is 9.73. The summed E-state index contributed by atoms with van der Waals surface area (Å²) in [7, 11) is 0. The second kappa shape index (κ2) is 17.1. The Bertz CT molecular complexity index is 3840. The third kappa shape index (κ3) is 6.92. The molecule has 0 aromatic heterocycles. The van der Waals surface area contributed by atoms with Crippen molar-refractivity contribution < 1.29 is 0 Å². The molecule has 10 aromatic carbocycles. The summed E-state index contributed by atoms with van der Waals surface area (Å²) in [6.45, 7) is 9.47. The third-order valence-corrected chi connectivity index (χ3v) is 15.9. The highest BCUT2D eigenvalue weighted by Crippen LogP contribution is 2.56. The van der Waals surface area contributed by atoms with Gasteiger partial charge in [-0.1, -0.05) is 210 Å². The standard InChI is InChI=1S/C70H56N2/c1-69(2)59-31-17-21-35-63(59)71(64-36-22-18-32-60(64)69)51-40-42-54-57(45-51)67(48-27-11-8-6-5-7-9-12-28-48)53-41-39-52(72-65-37-23-19-33-61(65)70(3,4)62-34-20-24-38-66(62)72)46-58(53)68(54)56-44-50-30-16-15-29-49(50)43-55(56)47-25-13-10-14-26-47/h5-6,8-26,28-46H,7,27H2,1-4H3/b6-5-,11-8-,12-9-,48-28+. The molecule has 2 aliphatic heterocycles. The van der Waals surface area contributed by atoms with Gasteiger partial charge in [0, 0.05) is 22.2 Å². The van der Waals surface area contributed by atoms with Crippen LogP contribution in [0.2, 0.25) is 0 Å². The van der Waals surface area contributed by atoms with Gasteiger partial charge in [-0.05, 0) is 161 Å². The van der Waals surface area contributed by atoms with Gasteiger partial charge in [0.2, 0.25) is 0 Å². The molecule has 0 saturated heterocycles. The molecule has 0 radical (unpaired) electrons. The zero-order chi connectivity index (χ0) is 48.6. The number of para-hydroxylation sites is 4. The molecule has 0 amide bonds. The van der Waals surface area contributed by atoms with Crippen molar-refractivity contribution in [1.29, 1.82) is 0 Å². The van der Waals surface area contributed by atoms with Gasteiger partial charge < -0.3 is 9.80 Å². The highest BCUT2D eigenvalue weighted by atomic mass is 15.2. The van der Waals surface area contributed by atoms with E-state index in [2.05, 4.69) is 280 Å². The monoisotopic (exact) mass is 924 g/mol. The van der Waals surface area contributed by atoms with Crippen molar-refractivity contribution in [1.82, 2.24) is 0 Å². The van der Waals surface area contributed by atoms with E-state index < -0.39 is 0 Å². The van der Waals surface area contributed by atoms with Crippen molar-refractivity contribution in [3.05, 3.63) is 271 Å². The van der Waals surface area contributed by atoms with E-state index >= 15 is 0 Å².